The van der Waals surface area contributed by atoms with E-state index in [0.717, 1.165) is 24.4 Å². The molecule has 0 saturated heterocycles. The van der Waals surface area contributed by atoms with Gasteiger partial charge in [0.15, 0.2) is 0 Å². The third-order valence-corrected chi connectivity index (χ3v) is 5.72. The maximum absolute atomic E-state index is 6.01. The first kappa shape index (κ1) is 20.0. The molecule has 1 aliphatic rings. The van der Waals surface area contributed by atoms with Gasteiger partial charge in [0.2, 0.25) is 0 Å². The molecule has 0 atom stereocenters. The Morgan fingerprint density at radius 3 is 2.22 bits per heavy atom. The Morgan fingerprint density at radius 2 is 1.44 bits per heavy atom. The van der Waals surface area contributed by atoms with Crippen molar-refractivity contribution in [2.24, 2.45) is 4.99 Å². The predicted octanol–water partition coefficient (Wildman–Crippen LogP) is 6.99. The summed E-state index contributed by atoms with van der Waals surface area (Å²) in [6, 6.07) is 35.7. The molecule has 0 radical (unpaired) electrons. The second kappa shape index (κ2) is 9.49. The van der Waals surface area contributed by atoms with E-state index in [2.05, 4.69) is 84.9 Å². The molecule has 5 rings (SSSR count). The average Bonchev–Trinajstić information content (AvgIpc) is 2.87. The molecule has 156 valence electrons. The highest BCUT2D eigenvalue weighted by Crippen LogP contribution is 2.24. The zero-order chi connectivity index (χ0) is 21.6. The van der Waals surface area contributed by atoms with Gasteiger partial charge in [-0.15, -0.1) is 0 Å². The van der Waals surface area contributed by atoms with Crippen LogP contribution in [0.5, 0.6) is 5.75 Å². The summed E-state index contributed by atoms with van der Waals surface area (Å²) in [7, 11) is 0. The summed E-state index contributed by atoms with van der Waals surface area (Å²) in [5.74, 6) is 0.911. The second-order valence-electron chi connectivity index (χ2n) is 7.93. The maximum Gasteiger partial charge on any atom is 0.120 e. The van der Waals surface area contributed by atoms with Crippen molar-refractivity contribution in [2.75, 3.05) is 6.54 Å². The van der Waals surface area contributed by atoms with Gasteiger partial charge in [0.1, 0.15) is 12.4 Å². The topological polar surface area (TPSA) is 21.6 Å². The van der Waals surface area contributed by atoms with Gasteiger partial charge in [-0.1, -0.05) is 91.0 Å². The molecule has 0 unspecified atom stereocenters. The van der Waals surface area contributed by atoms with Gasteiger partial charge in [0.25, 0.3) is 0 Å². The van der Waals surface area contributed by atoms with Crippen LogP contribution in [-0.4, -0.2) is 12.3 Å². The normalized spacial score (nSPS) is 12.9. The largest absolute Gasteiger partial charge is 0.489 e. The summed E-state index contributed by atoms with van der Waals surface area (Å²) >= 11 is 0. The Morgan fingerprint density at radius 1 is 0.719 bits per heavy atom. The monoisotopic (exact) mass is 415 g/mol. The molecule has 0 aliphatic carbocycles. The van der Waals surface area contributed by atoms with Crippen molar-refractivity contribution in [2.45, 2.75) is 13.0 Å². The van der Waals surface area contributed by atoms with Crippen LogP contribution in [0.1, 0.15) is 22.3 Å². The minimum atomic E-state index is 0.583. The van der Waals surface area contributed by atoms with Crippen LogP contribution in [0.4, 0.5) is 0 Å². The number of nitrogens with zero attached hydrogens (tertiary/aromatic N) is 1. The molecule has 0 saturated carbocycles. The number of allylic oxidation sites excluding steroid dienone is 1. The molecule has 2 nitrogen and oxygen atoms in total. The summed E-state index contributed by atoms with van der Waals surface area (Å²) < 4.78 is 6.01. The summed E-state index contributed by atoms with van der Waals surface area (Å²) in [4.78, 5) is 4.76. The number of ether oxygens (including phenoxy) is 1. The summed E-state index contributed by atoms with van der Waals surface area (Å²) in [6.45, 7) is 1.39. The van der Waals surface area contributed by atoms with E-state index in [9.17, 15) is 0 Å². The van der Waals surface area contributed by atoms with Crippen LogP contribution in [0, 0.1) is 0 Å². The van der Waals surface area contributed by atoms with Gasteiger partial charge >= 0.3 is 0 Å². The first-order chi connectivity index (χ1) is 15.8. The molecule has 1 heterocycles. The van der Waals surface area contributed by atoms with Gasteiger partial charge in [0, 0.05) is 12.1 Å². The van der Waals surface area contributed by atoms with Crippen LogP contribution in [0.25, 0.3) is 17.2 Å². The standard InChI is InChI=1S/C30H25NO/c1-3-7-24(8-4-1)22-32-28-16-17-29-27(21-28)19-20-31-30(29)18-13-23-11-14-26(15-12-23)25-9-5-2-6-10-25/h1-18,21H,19-20,22H2/b18-13+. The fraction of sp³-hybridized carbons (Fsp3) is 0.100. The molecule has 0 N–H and O–H groups in total. The summed E-state index contributed by atoms with van der Waals surface area (Å²) in [5, 5.41) is 0. The highest BCUT2D eigenvalue weighted by Gasteiger charge is 2.13. The molecule has 0 amide bonds. The van der Waals surface area contributed by atoms with Crippen molar-refractivity contribution < 1.29 is 4.74 Å². The summed E-state index contributed by atoms with van der Waals surface area (Å²) in [5.41, 5.74) is 8.33. The lowest BCUT2D eigenvalue weighted by molar-refractivity contribution is 0.306. The van der Waals surface area contributed by atoms with Gasteiger partial charge in [-0.3, -0.25) is 4.99 Å². The Hall–Kier alpha value is -3.91. The van der Waals surface area contributed by atoms with Crippen LogP contribution in [0.2, 0.25) is 0 Å². The molecule has 4 aromatic rings. The smallest absolute Gasteiger partial charge is 0.120 e. The second-order valence-corrected chi connectivity index (χ2v) is 7.93. The van der Waals surface area contributed by atoms with E-state index >= 15 is 0 Å². The number of hydrogen-bond donors (Lipinski definition) is 0. The fourth-order valence-corrected chi connectivity index (χ4v) is 3.97. The van der Waals surface area contributed by atoms with Gasteiger partial charge in [0.05, 0.1) is 5.71 Å². The fourth-order valence-electron chi connectivity index (χ4n) is 3.97. The Bertz CT molecular complexity index is 1240. The molecule has 32 heavy (non-hydrogen) atoms. The molecule has 2 heteroatoms. The molecular weight excluding hydrogens is 390 g/mol. The zero-order valence-corrected chi connectivity index (χ0v) is 17.9. The predicted molar refractivity (Wildman–Crippen MR) is 133 cm³/mol. The van der Waals surface area contributed by atoms with Crippen molar-refractivity contribution in [1.29, 1.82) is 0 Å². The van der Waals surface area contributed by atoms with Crippen LogP contribution < -0.4 is 4.74 Å². The van der Waals surface area contributed by atoms with E-state index in [1.54, 1.807) is 0 Å². The molecule has 4 aromatic carbocycles. The van der Waals surface area contributed by atoms with Crippen LogP contribution >= 0.6 is 0 Å². The van der Waals surface area contributed by atoms with E-state index in [4.69, 9.17) is 9.73 Å². The van der Waals surface area contributed by atoms with Crippen LogP contribution in [-0.2, 0) is 13.0 Å². The molecule has 0 spiro atoms. The lowest BCUT2D eigenvalue weighted by atomic mass is 9.96. The van der Waals surface area contributed by atoms with E-state index in [0.29, 0.717) is 6.61 Å². The minimum absolute atomic E-state index is 0.583. The van der Waals surface area contributed by atoms with E-state index in [1.807, 2.05) is 30.3 Å². The van der Waals surface area contributed by atoms with Gasteiger partial charge in [-0.25, -0.2) is 0 Å². The Labute approximate surface area is 189 Å². The first-order valence-corrected chi connectivity index (χ1v) is 11.0. The number of hydrogen-bond acceptors (Lipinski definition) is 2. The molecule has 0 aromatic heterocycles. The van der Waals surface area contributed by atoms with Crippen molar-refractivity contribution in [1.82, 2.24) is 0 Å². The van der Waals surface area contributed by atoms with Crippen molar-refractivity contribution >= 4 is 11.8 Å². The highest BCUT2D eigenvalue weighted by molar-refractivity contribution is 6.12. The number of aliphatic imine (C=N–C) groups is 1. The third-order valence-electron chi connectivity index (χ3n) is 5.72. The van der Waals surface area contributed by atoms with E-state index in [1.165, 1.54) is 33.4 Å². The quantitative estimate of drug-likeness (QED) is 0.332. The third kappa shape index (κ3) is 4.70. The number of fused-ring (bicyclic) bond motifs is 1. The lowest BCUT2D eigenvalue weighted by Crippen LogP contribution is -2.11. The molecule has 0 bridgehead atoms. The summed E-state index contributed by atoms with van der Waals surface area (Å²) in [6.07, 6.45) is 5.21. The van der Waals surface area contributed by atoms with Gasteiger partial charge < -0.3 is 4.74 Å². The van der Waals surface area contributed by atoms with E-state index < -0.39 is 0 Å². The van der Waals surface area contributed by atoms with Crippen LogP contribution in [0.15, 0.2) is 114 Å². The van der Waals surface area contributed by atoms with Gasteiger partial charge in [-0.05, 0) is 58.5 Å². The zero-order valence-electron chi connectivity index (χ0n) is 17.9. The van der Waals surface area contributed by atoms with Gasteiger partial charge in [-0.2, -0.15) is 0 Å². The van der Waals surface area contributed by atoms with Crippen molar-refractivity contribution in [3.8, 4) is 16.9 Å². The Kier molecular flexibility index (Phi) is 5.93. The first-order valence-electron chi connectivity index (χ1n) is 11.0. The average molecular weight is 416 g/mol. The minimum Gasteiger partial charge on any atom is -0.489 e. The van der Waals surface area contributed by atoms with Crippen molar-refractivity contribution in [3.05, 3.63) is 131 Å². The Balaban J connectivity index is 1.28. The molecule has 0 fully saturated rings. The number of rotatable bonds is 6. The van der Waals surface area contributed by atoms with Crippen LogP contribution in [0.3, 0.4) is 0 Å². The lowest BCUT2D eigenvalue weighted by Gasteiger charge is -2.16. The van der Waals surface area contributed by atoms with Crippen molar-refractivity contribution in [3.63, 3.8) is 0 Å². The number of benzene rings is 4. The molecule has 1 aliphatic heterocycles. The molecular formula is C30H25NO. The van der Waals surface area contributed by atoms with E-state index in [-0.39, 0.29) is 0 Å². The maximum atomic E-state index is 6.01. The highest BCUT2D eigenvalue weighted by atomic mass is 16.5. The SMILES string of the molecule is C(=C\c1ccc(-c2ccccc2)cc1)/C1=NCCc2cc(OCc3ccccc3)ccc21.